The first kappa shape index (κ1) is 13.8. The van der Waals surface area contributed by atoms with Gasteiger partial charge in [0.25, 0.3) is 5.91 Å². The van der Waals surface area contributed by atoms with Gasteiger partial charge in [-0.05, 0) is 25.0 Å². The molecule has 2 heterocycles. The fraction of sp³-hybridized carbons (Fsp3) is 0.500. The van der Waals surface area contributed by atoms with Crippen LogP contribution in [0.25, 0.3) is 0 Å². The van der Waals surface area contributed by atoms with Crippen LogP contribution in [0.4, 0.5) is 13.2 Å². The van der Waals surface area contributed by atoms with E-state index < -0.39 is 24.2 Å². The zero-order valence-electron chi connectivity index (χ0n) is 10.1. The second-order valence-electron chi connectivity index (χ2n) is 4.59. The summed E-state index contributed by atoms with van der Waals surface area (Å²) in [4.78, 5) is 16.7. The number of nitrogens with two attached hydrogens (primary N) is 1. The molecule has 1 aliphatic heterocycles. The molecule has 1 saturated heterocycles. The van der Waals surface area contributed by atoms with Gasteiger partial charge in [-0.2, -0.15) is 13.2 Å². The zero-order chi connectivity index (χ0) is 14.0. The Bertz CT molecular complexity index is 449. The SMILES string of the molecule is N[C@H]1CC[C@H](C(F)(F)F)N(C(=O)c2ccncc2)C1. The van der Waals surface area contributed by atoms with E-state index in [0.717, 1.165) is 4.90 Å². The Hall–Kier alpha value is -1.63. The van der Waals surface area contributed by atoms with E-state index in [0.29, 0.717) is 0 Å². The van der Waals surface area contributed by atoms with Crippen LogP contribution in [-0.2, 0) is 0 Å². The van der Waals surface area contributed by atoms with Gasteiger partial charge in [-0.1, -0.05) is 0 Å². The minimum absolute atomic E-state index is 0.0780. The summed E-state index contributed by atoms with van der Waals surface area (Å²) in [5, 5.41) is 0. The lowest BCUT2D eigenvalue weighted by molar-refractivity contribution is -0.184. The molecule has 104 valence electrons. The van der Waals surface area contributed by atoms with Crippen molar-refractivity contribution in [1.82, 2.24) is 9.88 Å². The predicted octanol–water partition coefficient (Wildman–Crippen LogP) is 1.58. The number of nitrogens with zero attached hydrogens (tertiary/aromatic N) is 2. The van der Waals surface area contributed by atoms with E-state index in [1.807, 2.05) is 0 Å². The van der Waals surface area contributed by atoms with Gasteiger partial charge in [0.15, 0.2) is 0 Å². The highest BCUT2D eigenvalue weighted by Crippen LogP contribution is 2.32. The third-order valence-electron chi connectivity index (χ3n) is 3.18. The average molecular weight is 273 g/mol. The van der Waals surface area contributed by atoms with E-state index in [1.165, 1.54) is 24.5 Å². The van der Waals surface area contributed by atoms with Crippen molar-refractivity contribution in [3.63, 3.8) is 0 Å². The fourth-order valence-corrected chi connectivity index (χ4v) is 2.22. The Morgan fingerprint density at radius 2 is 1.95 bits per heavy atom. The molecule has 1 amide bonds. The largest absolute Gasteiger partial charge is 0.408 e. The summed E-state index contributed by atoms with van der Waals surface area (Å²) in [5.74, 6) is -0.653. The number of alkyl halides is 3. The molecule has 2 N–H and O–H groups in total. The summed E-state index contributed by atoms with van der Waals surface area (Å²) in [6.45, 7) is -0.0780. The number of likely N-dealkylation sites (tertiary alicyclic amines) is 1. The monoisotopic (exact) mass is 273 g/mol. The molecule has 0 saturated carbocycles. The number of hydrogen-bond donors (Lipinski definition) is 1. The van der Waals surface area contributed by atoms with Crippen molar-refractivity contribution in [2.24, 2.45) is 5.73 Å². The Labute approximate surface area is 108 Å². The van der Waals surface area contributed by atoms with Gasteiger partial charge in [0.05, 0.1) is 0 Å². The van der Waals surface area contributed by atoms with Gasteiger partial charge < -0.3 is 10.6 Å². The quantitative estimate of drug-likeness (QED) is 0.845. The van der Waals surface area contributed by atoms with Crippen LogP contribution in [0, 0.1) is 0 Å². The number of pyridine rings is 1. The molecule has 0 aliphatic carbocycles. The molecule has 0 spiro atoms. The van der Waals surface area contributed by atoms with Crippen LogP contribution in [0.1, 0.15) is 23.2 Å². The zero-order valence-corrected chi connectivity index (χ0v) is 10.1. The summed E-state index contributed by atoms with van der Waals surface area (Å²) in [5.41, 5.74) is 5.87. The summed E-state index contributed by atoms with van der Waals surface area (Å²) in [6, 6.07) is 0.628. The maximum atomic E-state index is 12.9. The summed E-state index contributed by atoms with van der Waals surface area (Å²) < 4.78 is 38.8. The van der Waals surface area contributed by atoms with Gasteiger partial charge in [-0.3, -0.25) is 9.78 Å². The Morgan fingerprint density at radius 3 is 2.53 bits per heavy atom. The van der Waals surface area contributed by atoms with E-state index in [2.05, 4.69) is 4.98 Å². The smallest absolute Gasteiger partial charge is 0.326 e. The first-order chi connectivity index (χ1) is 8.89. The van der Waals surface area contributed by atoms with Crippen molar-refractivity contribution in [2.45, 2.75) is 31.1 Å². The molecule has 7 heteroatoms. The van der Waals surface area contributed by atoms with Gasteiger partial charge in [0, 0.05) is 30.5 Å². The molecule has 1 aromatic heterocycles. The van der Waals surface area contributed by atoms with Crippen molar-refractivity contribution in [3.05, 3.63) is 30.1 Å². The first-order valence-corrected chi connectivity index (χ1v) is 5.93. The molecule has 1 aliphatic rings. The lowest BCUT2D eigenvalue weighted by atomic mass is 9.97. The number of rotatable bonds is 1. The minimum atomic E-state index is -4.43. The number of hydrogen-bond acceptors (Lipinski definition) is 3. The Morgan fingerprint density at radius 1 is 1.32 bits per heavy atom. The minimum Gasteiger partial charge on any atom is -0.326 e. The highest BCUT2D eigenvalue weighted by Gasteiger charge is 2.47. The van der Waals surface area contributed by atoms with E-state index in [1.54, 1.807) is 0 Å². The Kier molecular flexibility index (Phi) is 3.75. The van der Waals surface area contributed by atoms with Crippen molar-refractivity contribution in [3.8, 4) is 0 Å². The predicted molar refractivity (Wildman–Crippen MR) is 62.3 cm³/mol. The third kappa shape index (κ3) is 3.04. The van der Waals surface area contributed by atoms with Gasteiger partial charge in [-0.25, -0.2) is 0 Å². The number of aromatic nitrogens is 1. The second kappa shape index (κ2) is 5.16. The van der Waals surface area contributed by atoms with Crippen LogP contribution < -0.4 is 5.73 Å². The summed E-state index contributed by atoms with van der Waals surface area (Å²) in [6.07, 6.45) is -1.56. The van der Waals surface area contributed by atoms with Crippen LogP contribution >= 0.6 is 0 Å². The van der Waals surface area contributed by atoms with E-state index >= 15 is 0 Å². The fourth-order valence-electron chi connectivity index (χ4n) is 2.22. The van der Waals surface area contributed by atoms with Gasteiger partial charge in [0.2, 0.25) is 0 Å². The second-order valence-corrected chi connectivity index (χ2v) is 4.59. The van der Waals surface area contributed by atoms with Crippen LogP contribution in [0.2, 0.25) is 0 Å². The first-order valence-electron chi connectivity index (χ1n) is 5.93. The van der Waals surface area contributed by atoms with Crippen LogP contribution in [0.5, 0.6) is 0 Å². The van der Waals surface area contributed by atoms with Gasteiger partial charge in [-0.15, -0.1) is 0 Å². The third-order valence-corrected chi connectivity index (χ3v) is 3.18. The van der Waals surface area contributed by atoms with Crippen LogP contribution in [-0.4, -0.2) is 40.6 Å². The standard InChI is InChI=1S/C12H14F3N3O/c13-12(14,15)10-2-1-9(16)7-18(10)11(19)8-3-5-17-6-4-8/h3-6,9-10H,1-2,7,16H2/t9-,10+/m0/s1. The van der Waals surface area contributed by atoms with Gasteiger partial charge in [0.1, 0.15) is 6.04 Å². The van der Waals surface area contributed by atoms with E-state index in [4.69, 9.17) is 5.73 Å². The molecule has 1 fully saturated rings. The molecular formula is C12H14F3N3O. The lowest BCUT2D eigenvalue weighted by Gasteiger charge is -2.39. The maximum absolute atomic E-state index is 12.9. The molecule has 2 atom stereocenters. The average Bonchev–Trinajstić information content (AvgIpc) is 2.37. The number of amides is 1. The summed E-state index contributed by atoms with van der Waals surface area (Å²) >= 11 is 0. The number of carbonyl (C=O) groups is 1. The van der Waals surface area contributed by atoms with Crippen LogP contribution in [0.15, 0.2) is 24.5 Å². The molecule has 0 aromatic carbocycles. The summed E-state index contributed by atoms with van der Waals surface area (Å²) in [7, 11) is 0. The lowest BCUT2D eigenvalue weighted by Crippen LogP contribution is -2.56. The van der Waals surface area contributed by atoms with Crippen molar-refractivity contribution >= 4 is 5.91 Å². The van der Waals surface area contributed by atoms with Crippen molar-refractivity contribution in [1.29, 1.82) is 0 Å². The molecule has 19 heavy (non-hydrogen) atoms. The molecule has 1 aromatic rings. The number of piperidine rings is 1. The van der Waals surface area contributed by atoms with Gasteiger partial charge >= 0.3 is 6.18 Å². The maximum Gasteiger partial charge on any atom is 0.408 e. The van der Waals surface area contributed by atoms with Crippen molar-refractivity contribution < 1.29 is 18.0 Å². The van der Waals surface area contributed by atoms with E-state index in [9.17, 15) is 18.0 Å². The topological polar surface area (TPSA) is 59.2 Å². The molecule has 4 nitrogen and oxygen atoms in total. The molecule has 0 unspecified atom stereocenters. The molecular weight excluding hydrogens is 259 g/mol. The molecule has 0 radical (unpaired) electrons. The molecule has 2 rings (SSSR count). The highest BCUT2D eigenvalue weighted by molar-refractivity contribution is 5.94. The Balaban J connectivity index is 2.25. The number of carbonyl (C=O) groups excluding carboxylic acids is 1. The van der Waals surface area contributed by atoms with Crippen LogP contribution in [0.3, 0.4) is 0 Å². The van der Waals surface area contributed by atoms with E-state index in [-0.39, 0.29) is 24.9 Å². The van der Waals surface area contributed by atoms with Crippen molar-refractivity contribution in [2.75, 3.05) is 6.54 Å². The normalized spacial score (nSPS) is 24.3. The highest BCUT2D eigenvalue weighted by atomic mass is 19.4. The number of halogens is 3. The molecule has 0 bridgehead atoms.